The van der Waals surface area contributed by atoms with E-state index in [-0.39, 0.29) is 18.0 Å². The van der Waals surface area contributed by atoms with Gasteiger partial charge in [-0.05, 0) is 47.9 Å². The molecular weight excluding hydrogens is 410 g/mol. The van der Waals surface area contributed by atoms with Gasteiger partial charge >= 0.3 is 5.69 Å². The van der Waals surface area contributed by atoms with Crippen molar-refractivity contribution in [3.63, 3.8) is 0 Å². The minimum atomic E-state index is -0.556. The summed E-state index contributed by atoms with van der Waals surface area (Å²) < 4.78 is 11.2. The largest absolute Gasteiger partial charge is 0.477 e. The lowest BCUT2D eigenvalue weighted by atomic mass is 10.0. The molecule has 4 rings (SSSR count). The fraction of sp³-hybridized carbons (Fsp3) is 0.167. The third-order valence-electron chi connectivity index (χ3n) is 4.92. The molecule has 1 heterocycles. The zero-order chi connectivity index (χ0) is 22.7. The Hall–Kier alpha value is -4.20. The summed E-state index contributed by atoms with van der Waals surface area (Å²) in [5.74, 6) is 0.526. The number of rotatable bonds is 7. The van der Waals surface area contributed by atoms with Gasteiger partial charge in [0.2, 0.25) is 5.89 Å². The van der Waals surface area contributed by atoms with E-state index in [0.717, 1.165) is 5.56 Å². The molecule has 0 unspecified atom stereocenters. The summed E-state index contributed by atoms with van der Waals surface area (Å²) >= 11 is 0. The van der Waals surface area contributed by atoms with E-state index in [1.807, 2.05) is 12.1 Å². The van der Waals surface area contributed by atoms with Gasteiger partial charge in [-0.25, -0.2) is 4.98 Å². The maximum atomic E-state index is 12.3. The summed E-state index contributed by atoms with van der Waals surface area (Å²) in [6.07, 6.45) is 0. The number of hydrogen-bond acceptors (Lipinski definition) is 6. The van der Waals surface area contributed by atoms with Crippen LogP contribution < -0.4 is 10.1 Å². The van der Waals surface area contributed by atoms with Crippen molar-refractivity contribution in [2.45, 2.75) is 19.8 Å². The number of benzene rings is 3. The van der Waals surface area contributed by atoms with Crippen LogP contribution in [0.15, 0.2) is 71.1 Å². The first-order valence-corrected chi connectivity index (χ1v) is 10.1. The Bertz CT molecular complexity index is 1280. The van der Waals surface area contributed by atoms with Crippen molar-refractivity contribution in [1.29, 1.82) is 0 Å². The molecule has 0 fully saturated rings. The molecule has 0 radical (unpaired) electrons. The highest BCUT2D eigenvalue weighted by Crippen LogP contribution is 2.28. The van der Waals surface area contributed by atoms with Crippen molar-refractivity contribution in [2.75, 3.05) is 11.9 Å². The lowest BCUT2D eigenvalue weighted by Crippen LogP contribution is -2.20. The first-order valence-electron chi connectivity index (χ1n) is 10.1. The highest BCUT2D eigenvalue weighted by atomic mass is 16.6. The molecule has 1 N–H and O–H groups in total. The number of nitro benzene ring substituents is 1. The molecule has 162 valence electrons. The van der Waals surface area contributed by atoms with Crippen LogP contribution in [0.25, 0.3) is 22.6 Å². The monoisotopic (exact) mass is 431 g/mol. The van der Waals surface area contributed by atoms with Gasteiger partial charge in [-0.3, -0.25) is 14.9 Å². The average Bonchev–Trinajstić information content (AvgIpc) is 3.21. The Kier molecular flexibility index (Phi) is 5.85. The number of oxazole rings is 1. The number of ether oxygens (including phenoxy) is 1. The summed E-state index contributed by atoms with van der Waals surface area (Å²) in [5.41, 5.74) is 3.63. The molecule has 0 aliphatic heterocycles. The summed E-state index contributed by atoms with van der Waals surface area (Å²) in [5, 5.41) is 13.7. The summed E-state index contributed by atoms with van der Waals surface area (Å²) in [7, 11) is 0. The normalized spacial score (nSPS) is 11.0. The first-order chi connectivity index (χ1) is 15.4. The second-order valence-electron chi connectivity index (χ2n) is 7.54. The number of aromatic nitrogens is 1. The Morgan fingerprint density at radius 1 is 1.12 bits per heavy atom. The SMILES string of the molecule is CC(C)c1ccc(-c2nc3cc(NC(=O)COc4ccccc4[N+](=O)[O-])ccc3o2)cc1. The van der Waals surface area contributed by atoms with Crippen molar-refractivity contribution >= 4 is 28.4 Å². The van der Waals surface area contributed by atoms with Gasteiger partial charge in [-0.15, -0.1) is 0 Å². The Morgan fingerprint density at radius 2 is 1.88 bits per heavy atom. The number of carbonyl (C=O) groups excluding carboxylic acids is 1. The molecule has 8 nitrogen and oxygen atoms in total. The first kappa shape index (κ1) is 21.0. The molecule has 0 spiro atoms. The number of nitro groups is 1. The number of nitrogens with zero attached hydrogens (tertiary/aromatic N) is 2. The molecule has 3 aromatic carbocycles. The number of fused-ring (bicyclic) bond motifs is 1. The van der Waals surface area contributed by atoms with Crippen molar-refractivity contribution in [2.24, 2.45) is 0 Å². The molecule has 8 heteroatoms. The van der Waals surface area contributed by atoms with Crippen LogP contribution in [-0.4, -0.2) is 22.4 Å². The zero-order valence-electron chi connectivity index (χ0n) is 17.6. The number of anilines is 1. The van der Waals surface area contributed by atoms with Crippen LogP contribution in [0.5, 0.6) is 5.75 Å². The molecule has 0 saturated heterocycles. The number of carbonyl (C=O) groups is 1. The molecule has 32 heavy (non-hydrogen) atoms. The lowest BCUT2D eigenvalue weighted by Gasteiger charge is -2.07. The van der Waals surface area contributed by atoms with Gasteiger partial charge in [0, 0.05) is 17.3 Å². The van der Waals surface area contributed by atoms with Gasteiger partial charge in [0.25, 0.3) is 5.91 Å². The predicted molar refractivity (Wildman–Crippen MR) is 121 cm³/mol. The predicted octanol–water partition coefficient (Wildman–Crippen LogP) is 5.54. The van der Waals surface area contributed by atoms with Crippen LogP contribution in [0.1, 0.15) is 25.3 Å². The fourth-order valence-electron chi connectivity index (χ4n) is 3.21. The Morgan fingerprint density at radius 3 is 2.59 bits per heavy atom. The van der Waals surface area contributed by atoms with Crippen LogP contribution >= 0.6 is 0 Å². The van der Waals surface area contributed by atoms with E-state index in [4.69, 9.17) is 9.15 Å². The van der Waals surface area contributed by atoms with E-state index >= 15 is 0 Å². The maximum absolute atomic E-state index is 12.3. The summed E-state index contributed by atoms with van der Waals surface area (Å²) in [6, 6.07) is 19.1. The molecule has 0 saturated carbocycles. The fourth-order valence-corrected chi connectivity index (χ4v) is 3.21. The Labute approximate surface area is 184 Å². The number of para-hydroxylation sites is 2. The van der Waals surface area contributed by atoms with Crippen molar-refractivity contribution in [3.8, 4) is 17.2 Å². The van der Waals surface area contributed by atoms with E-state index in [1.54, 1.807) is 24.3 Å². The van der Waals surface area contributed by atoms with Crippen molar-refractivity contribution in [3.05, 3.63) is 82.4 Å². The maximum Gasteiger partial charge on any atom is 0.310 e. The smallest absolute Gasteiger partial charge is 0.310 e. The minimum Gasteiger partial charge on any atom is -0.477 e. The number of amides is 1. The molecule has 1 amide bonds. The van der Waals surface area contributed by atoms with E-state index in [9.17, 15) is 14.9 Å². The minimum absolute atomic E-state index is 0.0349. The van der Waals surface area contributed by atoms with E-state index in [2.05, 4.69) is 36.3 Å². The van der Waals surface area contributed by atoms with Crippen LogP contribution in [0, 0.1) is 10.1 Å². The molecule has 0 aliphatic rings. The van der Waals surface area contributed by atoms with Crippen LogP contribution in [-0.2, 0) is 4.79 Å². The summed E-state index contributed by atoms with van der Waals surface area (Å²) in [6.45, 7) is 3.90. The highest BCUT2D eigenvalue weighted by Gasteiger charge is 2.15. The molecule has 1 aromatic heterocycles. The zero-order valence-corrected chi connectivity index (χ0v) is 17.6. The van der Waals surface area contributed by atoms with Crippen molar-refractivity contribution in [1.82, 2.24) is 4.98 Å². The topological polar surface area (TPSA) is 108 Å². The molecule has 4 aromatic rings. The van der Waals surface area contributed by atoms with Crippen LogP contribution in [0.2, 0.25) is 0 Å². The average molecular weight is 431 g/mol. The second-order valence-corrected chi connectivity index (χ2v) is 7.54. The molecular formula is C24H21N3O5. The van der Waals surface area contributed by atoms with Gasteiger partial charge in [0.1, 0.15) is 5.52 Å². The van der Waals surface area contributed by atoms with Crippen molar-refractivity contribution < 1.29 is 18.9 Å². The van der Waals surface area contributed by atoms with Crippen LogP contribution in [0.3, 0.4) is 0 Å². The van der Waals surface area contributed by atoms with Gasteiger partial charge < -0.3 is 14.5 Å². The lowest BCUT2D eigenvalue weighted by molar-refractivity contribution is -0.385. The van der Waals surface area contributed by atoms with Crippen LogP contribution in [0.4, 0.5) is 11.4 Å². The van der Waals surface area contributed by atoms with Gasteiger partial charge in [-0.2, -0.15) is 0 Å². The van der Waals surface area contributed by atoms with Gasteiger partial charge in [0.15, 0.2) is 17.9 Å². The summed E-state index contributed by atoms with van der Waals surface area (Å²) in [4.78, 5) is 27.3. The second kappa shape index (κ2) is 8.89. The van der Waals surface area contributed by atoms with E-state index in [1.165, 1.54) is 23.8 Å². The third-order valence-corrected chi connectivity index (χ3v) is 4.92. The molecule has 0 bridgehead atoms. The quantitative estimate of drug-likeness (QED) is 0.304. The van der Waals surface area contributed by atoms with E-state index in [0.29, 0.717) is 28.6 Å². The molecule has 0 aliphatic carbocycles. The van der Waals surface area contributed by atoms with E-state index < -0.39 is 10.8 Å². The number of nitrogens with one attached hydrogen (secondary N) is 1. The van der Waals surface area contributed by atoms with Gasteiger partial charge in [-0.1, -0.05) is 38.1 Å². The standard InChI is InChI=1S/C24H21N3O5/c1-15(2)16-7-9-17(10-8-16)24-26-19-13-18(11-12-21(19)32-24)25-23(28)14-31-22-6-4-3-5-20(22)27(29)30/h3-13,15H,14H2,1-2H3,(H,25,28). The highest BCUT2D eigenvalue weighted by molar-refractivity contribution is 5.94. The van der Waals surface area contributed by atoms with Gasteiger partial charge in [0.05, 0.1) is 4.92 Å². The molecule has 0 atom stereocenters. The third kappa shape index (κ3) is 4.59. The number of hydrogen-bond donors (Lipinski definition) is 1. The Balaban J connectivity index is 1.45.